The molecule has 2 rings (SSSR count). The van der Waals surface area contributed by atoms with Gasteiger partial charge in [-0.25, -0.2) is 22.7 Å². The molecule has 8 nitrogen and oxygen atoms in total. The molecule has 0 aliphatic carbocycles. The number of ether oxygens (including phenoxy) is 1. The van der Waals surface area contributed by atoms with Crippen LogP contribution in [0.1, 0.15) is 23.2 Å². The third-order valence-corrected chi connectivity index (χ3v) is 5.84. The average molecular weight is 391 g/mol. The first kappa shape index (κ1) is 19.5. The molecule has 0 atom stereocenters. The number of nitrogens with zero attached hydrogens (tertiary/aromatic N) is 1. The van der Waals surface area contributed by atoms with Crippen molar-refractivity contribution in [3.63, 3.8) is 0 Å². The zero-order valence-electron chi connectivity index (χ0n) is 13.6. The van der Waals surface area contributed by atoms with Crippen LogP contribution in [0.15, 0.2) is 23.1 Å². The molecule has 1 aliphatic heterocycles. The zero-order valence-corrected chi connectivity index (χ0v) is 15.1. The molecule has 1 aliphatic rings. The summed E-state index contributed by atoms with van der Waals surface area (Å²) < 4.78 is 31.8. The van der Waals surface area contributed by atoms with Gasteiger partial charge in [0.05, 0.1) is 22.6 Å². The smallest absolute Gasteiger partial charge is 0.407 e. The highest BCUT2D eigenvalue weighted by Crippen LogP contribution is 2.22. The number of rotatable bonds is 5. The number of benzene rings is 1. The molecule has 1 heterocycles. The van der Waals surface area contributed by atoms with Crippen LogP contribution in [0, 0.1) is 5.92 Å². The average Bonchev–Trinajstić information content (AvgIpc) is 2.59. The van der Waals surface area contributed by atoms with Gasteiger partial charge in [-0.05, 0) is 37.0 Å². The van der Waals surface area contributed by atoms with E-state index in [2.05, 4.69) is 9.46 Å². The number of likely N-dealkylation sites (tertiary alicyclic amines) is 1. The first-order valence-electron chi connectivity index (χ1n) is 7.60. The normalized spacial score (nSPS) is 15.8. The Kier molecular flexibility index (Phi) is 6.26. The number of hydrogen-bond acceptors (Lipinski definition) is 5. The maximum Gasteiger partial charge on any atom is 0.407 e. The minimum atomic E-state index is -3.78. The second kappa shape index (κ2) is 8.03. The summed E-state index contributed by atoms with van der Waals surface area (Å²) in [6, 6.07) is 3.78. The topological polar surface area (TPSA) is 113 Å². The van der Waals surface area contributed by atoms with Gasteiger partial charge in [0.25, 0.3) is 0 Å². The lowest BCUT2D eigenvalue weighted by Gasteiger charge is -2.29. The summed E-state index contributed by atoms with van der Waals surface area (Å²) in [5.41, 5.74) is 0.0872. The summed E-state index contributed by atoms with van der Waals surface area (Å²) in [7, 11) is -2.57. The summed E-state index contributed by atoms with van der Waals surface area (Å²) in [4.78, 5) is 23.6. The third kappa shape index (κ3) is 4.83. The fraction of sp³-hybridized carbons (Fsp3) is 0.467. The number of esters is 1. The minimum absolute atomic E-state index is 0.00973. The molecule has 0 aromatic heterocycles. The Labute approximate surface area is 150 Å². The van der Waals surface area contributed by atoms with Crippen LogP contribution >= 0.6 is 11.6 Å². The van der Waals surface area contributed by atoms with Gasteiger partial charge in [0.1, 0.15) is 0 Å². The highest BCUT2D eigenvalue weighted by atomic mass is 35.5. The van der Waals surface area contributed by atoms with Crippen LogP contribution in [0.5, 0.6) is 0 Å². The molecule has 0 unspecified atom stereocenters. The van der Waals surface area contributed by atoms with Crippen molar-refractivity contribution < 1.29 is 27.9 Å². The van der Waals surface area contributed by atoms with E-state index in [4.69, 9.17) is 16.7 Å². The molecular formula is C15H19ClN2O6S. The van der Waals surface area contributed by atoms with Crippen LogP contribution in [0.2, 0.25) is 5.02 Å². The molecule has 1 aromatic rings. The Hall–Kier alpha value is -1.84. The molecule has 10 heteroatoms. The molecule has 1 saturated heterocycles. The number of sulfonamides is 1. The fourth-order valence-electron chi connectivity index (χ4n) is 2.58. The van der Waals surface area contributed by atoms with E-state index in [0.717, 1.165) is 0 Å². The van der Waals surface area contributed by atoms with Gasteiger partial charge in [0.15, 0.2) is 0 Å². The number of hydrogen-bond donors (Lipinski definition) is 2. The number of carboxylic acid groups (broad SMARTS) is 1. The predicted molar refractivity (Wildman–Crippen MR) is 90.3 cm³/mol. The van der Waals surface area contributed by atoms with Gasteiger partial charge in [0, 0.05) is 19.6 Å². The van der Waals surface area contributed by atoms with Gasteiger partial charge in [-0.1, -0.05) is 11.6 Å². The van der Waals surface area contributed by atoms with E-state index in [1.165, 1.54) is 30.2 Å². The summed E-state index contributed by atoms with van der Waals surface area (Å²) >= 11 is 5.95. The number of nitrogens with one attached hydrogen (secondary N) is 1. The van der Waals surface area contributed by atoms with Crippen molar-refractivity contribution in [2.45, 2.75) is 17.7 Å². The molecule has 25 heavy (non-hydrogen) atoms. The molecule has 2 N–H and O–H groups in total. The summed E-state index contributed by atoms with van der Waals surface area (Å²) in [6.07, 6.45) is 0.229. The van der Waals surface area contributed by atoms with E-state index in [1.54, 1.807) is 0 Å². The maximum atomic E-state index is 12.4. The number of carbonyl (C=O) groups excluding carboxylic acids is 1. The lowest BCUT2D eigenvalue weighted by molar-refractivity contribution is 0.0600. The number of amides is 1. The summed E-state index contributed by atoms with van der Waals surface area (Å²) in [5, 5.41) is 8.90. The first-order valence-corrected chi connectivity index (χ1v) is 9.46. The first-order chi connectivity index (χ1) is 11.7. The molecule has 138 valence electrons. The predicted octanol–water partition coefficient (Wildman–Crippen LogP) is 1.79. The third-order valence-electron chi connectivity index (χ3n) is 4.10. The lowest BCUT2D eigenvalue weighted by atomic mass is 9.97. The van der Waals surface area contributed by atoms with Gasteiger partial charge >= 0.3 is 12.1 Å². The molecule has 0 bridgehead atoms. The standard InChI is InChI=1S/C15H19ClN2O6S/c1-24-14(19)12-3-2-11(8-13(12)16)25(22,23)17-9-10-4-6-18(7-5-10)15(20)21/h2-3,8,10,17H,4-7,9H2,1H3,(H,20,21). The quantitative estimate of drug-likeness (QED) is 0.741. The van der Waals surface area contributed by atoms with Crippen molar-refractivity contribution in [1.82, 2.24) is 9.62 Å². The van der Waals surface area contributed by atoms with Crippen molar-refractivity contribution in [2.75, 3.05) is 26.7 Å². The SMILES string of the molecule is COC(=O)c1ccc(S(=O)(=O)NCC2CCN(C(=O)O)CC2)cc1Cl. The number of piperidine rings is 1. The molecule has 0 saturated carbocycles. The Morgan fingerprint density at radius 2 is 2.00 bits per heavy atom. The van der Waals surface area contributed by atoms with Crippen LogP contribution in [-0.2, 0) is 14.8 Å². The molecule has 1 aromatic carbocycles. The van der Waals surface area contributed by atoms with E-state index < -0.39 is 22.1 Å². The molecule has 1 fully saturated rings. The largest absolute Gasteiger partial charge is 0.465 e. The maximum absolute atomic E-state index is 12.4. The monoisotopic (exact) mass is 390 g/mol. The summed E-state index contributed by atoms with van der Waals surface area (Å²) in [5.74, 6) is -0.581. The number of methoxy groups -OCH3 is 1. The van der Waals surface area contributed by atoms with Gasteiger partial charge in [-0.15, -0.1) is 0 Å². The van der Waals surface area contributed by atoms with Crippen molar-refractivity contribution in [3.05, 3.63) is 28.8 Å². The Bertz CT molecular complexity index is 759. The molecule has 0 spiro atoms. The fourth-order valence-corrected chi connectivity index (χ4v) is 4.04. The van der Waals surface area contributed by atoms with E-state index >= 15 is 0 Å². The van der Waals surface area contributed by atoms with Gasteiger partial charge in [-0.2, -0.15) is 0 Å². The van der Waals surface area contributed by atoms with Crippen LogP contribution in [-0.4, -0.2) is 57.2 Å². The van der Waals surface area contributed by atoms with Crippen LogP contribution in [0.3, 0.4) is 0 Å². The van der Waals surface area contributed by atoms with Crippen LogP contribution < -0.4 is 4.72 Å². The second-order valence-corrected chi connectivity index (χ2v) is 7.87. The van der Waals surface area contributed by atoms with Crippen molar-refractivity contribution >= 4 is 33.7 Å². The number of carbonyl (C=O) groups is 2. The van der Waals surface area contributed by atoms with Crippen molar-refractivity contribution in [1.29, 1.82) is 0 Å². The lowest BCUT2D eigenvalue weighted by Crippen LogP contribution is -2.40. The highest BCUT2D eigenvalue weighted by molar-refractivity contribution is 7.89. The van der Waals surface area contributed by atoms with E-state index in [9.17, 15) is 18.0 Å². The summed E-state index contributed by atoms with van der Waals surface area (Å²) in [6.45, 7) is 0.995. The van der Waals surface area contributed by atoms with E-state index in [1.807, 2.05) is 0 Å². The Morgan fingerprint density at radius 3 is 2.52 bits per heavy atom. The molecule has 0 radical (unpaired) electrons. The van der Waals surface area contributed by atoms with Gasteiger partial charge in [-0.3, -0.25) is 0 Å². The van der Waals surface area contributed by atoms with Gasteiger partial charge in [0.2, 0.25) is 10.0 Å². The van der Waals surface area contributed by atoms with Crippen LogP contribution in [0.25, 0.3) is 0 Å². The Morgan fingerprint density at radius 1 is 1.36 bits per heavy atom. The van der Waals surface area contributed by atoms with E-state index in [-0.39, 0.29) is 27.9 Å². The van der Waals surface area contributed by atoms with Crippen molar-refractivity contribution in [3.8, 4) is 0 Å². The minimum Gasteiger partial charge on any atom is -0.465 e. The highest BCUT2D eigenvalue weighted by Gasteiger charge is 2.24. The van der Waals surface area contributed by atoms with Gasteiger partial charge < -0.3 is 14.7 Å². The number of halogens is 1. The van der Waals surface area contributed by atoms with Crippen LogP contribution in [0.4, 0.5) is 4.79 Å². The second-order valence-electron chi connectivity index (χ2n) is 5.70. The Balaban J connectivity index is 1.99. The zero-order chi connectivity index (χ0) is 18.6. The van der Waals surface area contributed by atoms with Crippen molar-refractivity contribution in [2.24, 2.45) is 5.92 Å². The molecular weight excluding hydrogens is 372 g/mol. The van der Waals surface area contributed by atoms with E-state index in [0.29, 0.717) is 25.9 Å². The molecule has 1 amide bonds.